The van der Waals surface area contributed by atoms with Gasteiger partial charge in [-0.05, 0) is 59.5 Å². The first-order chi connectivity index (χ1) is 18.5. The van der Waals surface area contributed by atoms with E-state index in [4.69, 9.17) is 9.47 Å². The number of allylic oxidation sites excluding steroid dienone is 1. The van der Waals surface area contributed by atoms with Crippen molar-refractivity contribution in [2.24, 2.45) is 0 Å². The molecule has 0 radical (unpaired) electrons. The van der Waals surface area contributed by atoms with Crippen LogP contribution in [0.1, 0.15) is 22.7 Å². The van der Waals surface area contributed by atoms with Gasteiger partial charge in [-0.25, -0.2) is 0 Å². The number of methoxy groups -OCH3 is 2. The molecule has 2 N–H and O–H groups in total. The highest BCUT2D eigenvalue weighted by Crippen LogP contribution is 2.39. The maximum Gasteiger partial charge on any atom is 0.290 e. The molecule has 0 aliphatic carbocycles. The third kappa shape index (κ3) is 4.78. The van der Waals surface area contributed by atoms with Crippen LogP contribution in [0.2, 0.25) is 0 Å². The van der Waals surface area contributed by atoms with Gasteiger partial charge >= 0.3 is 0 Å². The number of benzene rings is 3. The third-order valence-electron chi connectivity index (χ3n) is 6.80. The summed E-state index contributed by atoms with van der Waals surface area (Å²) in [6.07, 6.45) is 5.50. The average molecular weight is 509 g/mol. The minimum absolute atomic E-state index is 0.0519. The number of aromatic amines is 1. The third-order valence-corrected chi connectivity index (χ3v) is 6.80. The van der Waals surface area contributed by atoms with Crippen molar-refractivity contribution in [3.63, 3.8) is 0 Å². The second-order valence-corrected chi connectivity index (χ2v) is 9.02. The maximum atomic E-state index is 13.4. The summed E-state index contributed by atoms with van der Waals surface area (Å²) in [5.74, 6) is -0.196. The smallest absolute Gasteiger partial charge is 0.290 e. The summed E-state index contributed by atoms with van der Waals surface area (Å²) in [4.78, 5) is 31.5. The molecule has 0 fully saturated rings. The summed E-state index contributed by atoms with van der Waals surface area (Å²) in [6, 6.07) is 21.6. The summed E-state index contributed by atoms with van der Waals surface area (Å²) in [7, 11) is 3.18. The standard InChI is InChI=1S/C31H28N2O5/c1-37-23-10-6-9-21(17-23)29-28(27(34)14-11-20-7-4-3-5-8-20)30(35)31(36)33(29)16-15-22-19-32-26-13-12-24(38-2)18-25(22)26/h3-14,17-19,29,32,35H,15-16H2,1-2H3/b14-11+/t29-/m1/s1. The Morgan fingerprint density at radius 2 is 1.76 bits per heavy atom. The molecule has 192 valence electrons. The number of amides is 1. The maximum absolute atomic E-state index is 13.4. The molecule has 0 bridgehead atoms. The first-order valence-electron chi connectivity index (χ1n) is 12.3. The van der Waals surface area contributed by atoms with E-state index < -0.39 is 23.5 Å². The van der Waals surface area contributed by atoms with Crippen molar-refractivity contribution in [3.8, 4) is 11.5 Å². The number of nitrogens with zero attached hydrogens (tertiary/aromatic N) is 1. The number of aromatic nitrogens is 1. The van der Waals surface area contributed by atoms with Crippen LogP contribution in [0.4, 0.5) is 0 Å². The van der Waals surface area contributed by atoms with Crippen LogP contribution in [-0.4, -0.2) is 47.4 Å². The molecule has 0 unspecified atom stereocenters. The molecule has 5 rings (SSSR count). The van der Waals surface area contributed by atoms with Crippen LogP contribution in [-0.2, 0) is 16.0 Å². The molecule has 38 heavy (non-hydrogen) atoms. The number of carbonyl (C=O) groups is 2. The molecule has 0 saturated carbocycles. The first kappa shape index (κ1) is 24.9. The second-order valence-electron chi connectivity index (χ2n) is 9.02. The number of ether oxygens (including phenoxy) is 2. The van der Waals surface area contributed by atoms with Crippen LogP contribution in [0.5, 0.6) is 11.5 Å². The van der Waals surface area contributed by atoms with Gasteiger partial charge in [-0.2, -0.15) is 0 Å². The molecule has 1 atom stereocenters. The Labute approximate surface area is 220 Å². The largest absolute Gasteiger partial charge is 0.503 e. The van der Waals surface area contributed by atoms with E-state index in [0.717, 1.165) is 27.8 Å². The van der Waals surface area contributed by atoms with Crippen molar-refractivity contribution >= 4 is 28.7 Å². The van der Waals surface area contributed by atoms with Gasteiger partial charge in [-0.1, -0.05) is 48.5 Å². The van der Waals surface area contributed by atoms with Gasteiger partial charge in [-0.3, -0.25) is 9.59 Å². The van der Waals surface area contributed by atoms with E-state index in [1.807, 2.05) is 60.8 Å². The van der Waals surface area contributed by atoms with Gasteiger partial charge in [0.2, 0.25) is 0 Å². The van der Waals surface area contributed by atoms with Crippen molar-refractivity contribution in [3.05, 3.63) is 113 Å². The number of aliphatic hydroxyl groups excluding tert-OH is 1. The minimum atomic E-state index is -0.759. The van der Waals surface area contributed by atoms with E-state index in [1.165, 1.54) is 6.08 Å². The molecule has 1 aromatic heterocycles. The fourth-order valence-corrected chi connectivity index (χ4v) is 4.85. The molecule has 7 heteroatoms. The molecule has 1 aliphatic heterocycles. The van der Waals surface area contributed by atoms with Crippen LogP contribution in [0, 0.1) is 0 Å². The van der Waals surface area contributed by atoms with Gasteiger partial charge < -0.3 is 24.5 Å². The van der Waals surface area contributed by atoms with Gasteiger partial charge in [-0.15, -0.1) is 0 Å². The Hall–Kier alpha value is -4.78. The van der Waals surface area contributed by atoms with Crippen molar-refractivity contribution in [1.29, 1.82) is 0 Å². The van der Waals surface area contributed by atoms with Crippen molar-refractivity contribution < 1.29 is 24.2 Å². The van der Waals surface area contributed by atoms with Crippen molar-refractivity contribution in [2.75, 3.05) is 20.8 Å². The zero-order valence-corrected chi connectivity index (χ0v) is 21.2. The van der Waals surface area contributed by atoms with Gasteiger partial charge in [0.25, 0.3) is 5.91 Å². The van der Waals surface area contributed by atoms with Gasteiger partial charge in [0.15, 0.2) is 11.5 Å². The summed E-state index contributed by atoms with van der Waals surface area (Å²) in [6.45, 7) is 0.286. The Balaban J connectivity index is 1.48. The highest BCUT2D eigenvalue weighted by Gasteiger charge is 2.42. The summed E-state index contributed by atoms with van der Waals surface area (Å²) in [5.41, 5.74) is 3.53. The first-order valence-corrected chi connectivity index (χ1v) is 12.3. The van der Waals surface area contributed by atoms with E-state index in [-0.39, 0.29) is 12.1 Å². The Morgan fingerprint density at radius 1 is 1.00 bits per heavy atom. The second kappa shape index (κ2) is 10.7. The average Bonchev–Trinajstić information content (AvgIpc) is 3.48. The van der Waals surface area contributed by atoms with Crippen LogP contribution >= 0.6 is 0 Å². The summed E-state index contributed by atoms with van der Waals surface area (Å²) in [5, 5.41) is 11.9. The van der Waals surface area contributed by atoms with Gasteiger partial charge in [0, 0.05) is 23.6 Å². The SMILES string of the molecule is COc1cccc([C@@H]2C(C(=O)/C=C/c3ccccc3)=C(O)C(=O)N2CCc2c[nH]c3ccc(OC)cc23)c1. The lowest BCUT2D eigenvalue weighted by atomic mass is 9.95. The van der Waals surface area contributed by atoms with Gasteiger partial charge in [0.1, 0.15) is 11.5 Å². The molecule has 0 spiro atoms. The Morgan fingerprint density at radius 3 is 2.53 bits per heavy atom. The minimum Gasteiger partial charge on any atom is -0.503 e. The lowest BCUT2D eigenvalue weighted by molar-refractivity contribution is -0.129. The zero-order valence-electron chi connectivity index (χ0n) is 21.2. The monoisotopic (exact) mass is 508 g/mol. The number of nitrogens with one attached hydrogen (secondary N) is 1. The molecule has 1 aliphatic rings. The molecule has 0 saturated heterocycles. The number of hydrogen-bond donors (Lipinski definition) is 2. The van der Waals surface area contributed by atoms with Crippen molar-refractivity contribution in [1.82, 2.24) is 9.88 Å². The number of fused-ring (bicyclic) bond motifs is 1. The number of aliphatic hydroxyl groups is 1. The Bertz CT molecular complexity index is 1550. The molecule has 3 aromatic carbocycles. The number of carbonyl (C=O) groups excluding carboxylic acids is 2. The van der Waals surface area contributed by atoms with Crippen LogP contribution < -0.4 is 9.47 Å². The number of rotatable bonds is 9. The zero-order chi connectivity index (χ0) is 26.6. The fourth-order valence-electron chi connectivity index (χ4n) is 4.85. The molecule has 7 nitrogen and oxygen atoms in total. The molecular weight excluding hydrogens is 480 g/mol. The lowest BCUT2D eigenvalue weighted by Gasteiger charge is -2.27. The van der Waals surface area contributed by atoms with Crippen LogP contribution in [0.25, 0.3) is 17.0 Å². The van der Waals surface area contributed by atoms with E-state index >= 15 is 0 Å². The van der Waals surface area contributed by atoms with Crippen LogP contribution in [0.15, 0.2) is 96.4 Å². The van der Waals surface area contributed by atoms with E-state index in [2.05, 4.69) is 4.98 Å². The predicted molar refractivity (Wildman–Crippen MR) is 146 cm³/mol. The highest BCUT2D eigenvalue weighted by atomic mass is 16.5. The predicted octanol–water partition coefficient (Wildman–Crippen LogP) is 5.41. The van der Waals surface area contributed by atoms with Gasteiger partial charge in [0.05, 0.1) is 25.8 Å². The summed E-state index contributed by atoms with van der Waals surface area (Å²) < 4.78 is 10.8. The van der Waals surface area contributed by atoms with Crippen molar-refractivity contribution in [2.45, 2.75) is 12.5 Å². The molecular formula is C31H28N2O5. The van der Waals surface area contributed by atoms with E-state index in [1.54, 1.807) is 43.4 Å². The van der Waals surface area contributed by atoms with E-state index in [9.17, 15) is 14.7 Å². The quantitative estimate of drug-likeness (QED) is 0.295. The normalized spacial score (nSPS) is 15.6. The Kier molecular flexibility index (Phi) is 7.00. The number of ketones is 1. The molecule has 4 aromatic rings. The lowest BCUT2D eigenvalue weighted by Crippen LogP contribution is -2.33. The molecule has 2 heterocycles. The fraction of sp³-hybridized carbons (Fsp3) is 0.161. The number of H-pyrrole nitrogens is 1. The summed E-state index contributed by atoms with van der Waals surface area (Å²) >= 11 is 0. The number of hydrogen-bond acceptors (Lipinski definition) is 5. The topological polar surface area (TPSA) is 91.9 Å². The van der Waals surface area contributed by atoms with Crippen LogP contribution in [0.3, 0.4) is 0 Å². The van der Waals surface area contributed by atoms with E-state index in [0.29, 0.717) is 17.7 Å². The highest BCUT2D eigenvalue weighted by molar-refractivity contribution is 6.14. The molecule has 1 amide bonds.